The summed E-state index contributed by atoms with van der Waals surface area (Å²) in [5.41, 5.74) is 3.86. The van der Waals surface area contributed by atoms with Crippen LogP contribution in [0, 0.1) is 0 Å². The summed E-state index contributed by atoms with van der Waals surface area (Å²) in [5, 5.41) is 8.02. The molecule has 0 spiro atoms. The molecular weight excluding hydrogens is 332 g/mol. The van der Waals surface area contributed by atoms with Crippen molar-refractivity contribution in [2.45, 2.75) is 19.4 Å². The van der Waals surface area contributed by atoms with Crippen molar-refractivity contribution < 1.29 is 0 Å². The van der Waals surface area contributed by atoms with E-state index in [2.05, 4.69) is 82.2 Å². The minimum absolute atomic E-state index is 0.246. The van der Waals surface area contributed by atoms with Crippen molar-refractivity contribution in [3.05, 3.63) is 50.6 Å². The third kappa shape index (κ3) is 3.62. The number of hydrogen-bond acceptors (Lipinski definition) is 3. The average molecular weight is 353 g/mol. The molecule has 20 heavy (non-hydrogen) atoms. The standard InChI is InChI=1S/C16H21BrN2S/c1-4-8-18-16(14-10-20-11-15(14)17)12-6-5-7-13(9-12)19(2)3/h5-7,9-11,16,18H,4,8H2,1-3H3. The van der Waals surface area contributed by atoms with Gasteiger partial charge in [0.1, 0.15) is 0 Å². The normalized spacial score (nSPS) is 12.4. The van der Waals surface area contributed by atoms with E-state index in [1.807, 2.05) is 0 Å². The highest BCUT2D eigenvalue weighted by Crippen LogP contribution is 2.32. The monoisotopic (exact) mass is 352 g/mol. The van der Waals surface area contributed by atoms with Crippen LogP contribution in [0.5, 0.6) is 0 Å². The molecule has 0 radical (unpaired) electrons. The zero-order valence-corrected chi connectivity index (χ0v) is 14.6. The summed E-state index contributed by atoms with van der Waals surface area (Å²) >= 11 is 5.40. The second-order valence-corrected chi connectivity index (χ2v) is 6.65. The summed E-state index contributed by atoms with van der Waals surface area (Å²) in [4.78, 5) is 2.14. The highest BCUT2D eigenvalue weighted by molar-refractivity contribution is 9.10. The molecule has 1 aromatic heterocycles. The lowest BCUT2D eigenvalue weighted by atomic mass is 10.0. The predicted molar refractivity (Wildman–Crippen MR) is 92.9 cm³/mol. The van der Waals surface area contributed by atoms with E-state index in [4.69, 9.17) is 0 Å². The number of anilines is 1. The van der Waals surface area contributed by atoms with Crippen molar-refractivity contribution in [1.82, 2.24) is 5.32 Å². The van der Waals surface area contributed by atoms with Gasteiger partial charge in [-0.05, 0) is 57.5 Å². The molecular formula is C16H21BrN2S. The predicted octanol–water partition coefficient (Wildman–Crippen LogP) is 4.67. The molecule has 0 saturated carbocycles. The Labute approximate surface area is 133 Å². The summed E-state index contributed by atoms with van der Waals surface area (Å²) in [7, 11) is 4.15. The second-order valence-electron chi connectivity index (χ2n) is 5.05. The molecule has 2 rings (SSSR count). The lowest BCUT2D eigenvalue weighted by molar-refractivity contribution is 0.598. The maximum Gasteiger partial charge on any atom is 0.0596 e. The van der Waals surface area contributed by atoms with Gasteiger partial charge in [-0.25, -0.2) is 0 Å². The van der Waals surface area contributed by atoms with Gasteiger partial charge < -0.3 is 10.2 Å². The third-order valence-corrected chi connectivity index (χ3v) is 5.02. The van der Waals surface area contributed by atoms with Crippen LogP contribution in [0.2, 0.25) is 0 Å². The SMILES string of the molecule is CCCNC(c1cccc(N(C)C)c1)c1cscc1Br. The van der Waals surface area contributed by atoms with Gasteiger partial charge >= 0.3 is 0 Å². The molecule has 2 aromatic rings. The molecule has 1 aromatic carbocycles. The summed E-state index contributed by atoms with van der Waals surface area (Å²) in [6, 6.07) is 8.98. The van der Waals surface area contributed by atoms with Gasteiger partial charge in [0, 0.05) is 29.6 Å². The number of benzene rings is 1. The Hall–Kier alpha value is -0.840. The largest absolute Gasteiger partial charge is 0.378 e. The first kappa shape index (κ1) is 15.5. The van der Waals surface area contributed by atoms with Crippen molar-refractivity contribution in [1.29, 1.82) is 0 Å². The Morgan fingerprint density at radius 2 is 2.10 bits per heavy atom. The lowest BCUT2D eigenvalue weighted by Crippen LogP contribution is -2.23. The first-order chi connectivity index (χ1) is 9.63. The van der Waals surface area contributed by atoms with Crippen LogP contribution >= 0.6 is 27.3 Å². The first-order valence-electron chi connectivity index (χ1n) is 6.85. The number of nitrogens with one attached hydrogen (secondary N) is 1. The molecule has 0 aliphatic carbocycles. The highest BCUT2D eigenvalue weighted by atomic mass is 79.9. The van der Waals surface area contributed by atoms with Gasteiger partial charge in [-0.15, -0.1) is 0 Å². The Morgan fingerprint density at radius 1 is 1.30 bits per heavy atom. The van der Waals surface area contributed by atoms with Crippen LogP contribution in [0.1, 0.15) is 30.5 Å². The minimum atomic E-state index is 0.246. The molecule has 0 aliphatic heterocycles. The Bertz CT molecular complexity index is 551. The van der Waals surface area contributed by atoms with Crippen LogP contribution in [-0.2, 0) is 0 Å². The number of thiophene rings is 1. The van der Waals surface area contributed by atoms with E-state index < -0.39 is 0 Å². The summed E-state index contributed by atoms with van der Waals surface area (Å²) in [5.74, 6) is 0. The van der Waals surface area contributed by atoms with Crippen molar-refractivity contribution >= 4 is 33.0 Å². The Kier molecular flexibility index (Phi) is 5.64. The molecule has 4 heteroatoms. The van der Waals surface area contributed by atoms with E-state index in [-0.39, 0.29) is 6.04 Å². The van der Waals surface area contributed by atoms with Gasteiger partial charge in [0.15, 0.2) is 0 Å². The average Bonchev–Trinajstić information content (AvgIpc) is 2.86. The van der Waals surface area contributed by atoms with Crippen molar-refractivity contribution in [2.24, 2.45) is 0 Å². The van der Waals surface area contributed by atoms with Crippen LogP contribution < -0.4 is 10.2 Å². The molecule has 108 valence electrons. The first-order valence-corrected chi connectivity index (χ1v) is 8.59. The Morgan fingerprint density at radius 3 is 2.70 bits per heavy atom. The van der Waals surface area contributed by atoms with Crippen molar-refractivity contribution in [3.8, 4) is 0 Å². The maximum atomic E-state index is 3.66. The van der Waals surface area contributed by atoms with Crippen molar-refractivity contribution in [2.75, 3.05) is 25.5 Å². The molecule has 1 heterocycles. The van der Waals surface area contributed by atoms with E-state index in [0.717, 1.165) is 13.0 Å². The molecule has 2 nitrogen and oxygen atoms in total. The third-order valence-electron chi connectivity index (χ3n) is 3.27. The van der Waals surface area contributed by atoms with Crippen LogP contribution in [0.4, 0.5) is 5.69 Å². The van der Waals surface area contributed by atoms with Crippen LogP contribution in [0.15, 0.2) is 39.5 Å². The second kappa shape index (κ2) is 7.25. The highest BCUT2D eigenvalue weighted by Gasteiger charge is 2.17. The van der Waals surface area contributed by atoms with Gasteiger partial charge in [0.05, 0.1) is 6.04 Å². The molecule has 0 fully saturated rings. The quantitative estimate of drug-likeness (QED) is 0.812. The number of nitrogens with zero attached hydrogens (tertiary/aromatic N) is 1. The number of hydrogen-bond donors (Lipinski definition) is 1. The van der Waals surface area contributed by atoms with E-state index in [0.29, 0.717) is 0 Å². The topological polar surface area (TPSA) is 15.3 Å². The molecule has 0 aliphatic rings. The van der Waals surface area contributed by atoms with Crippen molar-refractivity contribution in [3.63, 3.8) is 0 Å². The van der Waals surface area contributed by atoms with Crippen LogP contribution in [0.25, 0.3) is 0 Å². The lowest BCUT2D eigenvalue weighted by Gasteiger charge is -2.21. The molecule has 1 N–H and O–H groups in total. The summed E-state index contributed by atoms with van der Waals surface area (Å²) < 4.78 is 1.19. The Balaban J connectivity index is 2.36. The van der Waals surface area contributed by atoms with Crippen LogP contribution in [0.3, 0.4) is 0 Å². The van der Waals surface area contributed by atoms with Crippen LogP contribution in [-0.4, -0.2) is 20.6 Å². The molecule has 1 atom stereocenters. The summed E-state index contributed by atoms with van der Waals surface area (Å²) in [6.45, 7) is 3.21. The zero-order valence-electron chi connectivity index (χ0n) is 12.2. The van der Waals surface area contributed by atoms with E-state index in [1.54, 1.807) is 11.3 Å². The van der Waals surface area contributed by atoms with Gasteiger partial charge in [-0.3, -0.25) is 0 Å². The zero-order chi connectivity index (χ0) is 14.5. The van der Waals surface area contributed by atoms with Gasteiger partial charge in [-0.2, -0.15) is 11.3 Å². The van der Waals surface area contributed by atoms with Gasteiger partial charge in [0.2, 0.25) is 0 Å². The molecule has 1 unspecified atom stereocenters. The molecule has 0 amide bonds. The fourth-order valence-electron chi connectivity index (χ4n) is 2.18. The fraction of sp³-hybridized carbons (Fsp3) is 0.375. The smallest absolute Gasteiger partial charge is 0.0596 e. The van der Waals surface area contributed by atoms with Gasteiger partial charge in [-0.1, -0.05) is 19.1 Å². The number of rotatable bonds is 6. The van der Waals surface area contributed by atoms with E-state index in [1.165, 1.54) is 21.3 Å². The molecule has 0 saturated heterocycles. The fourth-order valence-corrected chi connectivity index (χ4v) is 3.73. The van der Waals surface area contributed by atoms with E-state index in [9.17, 15) is 0 Å². The minimum Gasteiger partial charge on any atom is -0.378 e. The summed E-state index contributed by atoms with van der Waals surface area (Å²) in [6.07, 6.45) is 1.13. The van der Waals surface area contributed by atoms with E-state index >= 15 is 0 Å². The molecule has 0 bridgehead atoms. The van der Waals surface area contributed by atoms with Gasteiger partial charge in [0.25, 0.3) is 0 Å². The number of halogens is 1. The maximum absolute atomic E-state index is 3.66.